The van der Waals surface area contributed by atoms with E-state index in [2.05, 4.69) is 6.58 Å². The number of carbonyl (C=O) groups is 2. The number of benzene rings is 2. The molecule has 0 bridgehead atoms. The lowest BCUT2D eigenvalue weighted by Crippen LogP contribution is -2.28. The Hall–Kier alpha value is -3.58. The summed E-state index contributed by atoms with van der Waals surface area (Å²) < 4.78 is 16.4. The molecule has 0 radical (unpaired) electrons. The first-order valence-electron chi connectivity index (χ1n) is 11.5. The molecule has 0 saturated heterocycles. The summed E-state index contributed by atoms with van der Waals surface area (Å²) in [6, 6.07) is 12.3. The highest BCUT2D eigenvalue weighted by Crippen LogP contribution is 2.28. The van der Waals surface area contributed by atoms with E-state index < -0.39 is 5.97 Å². The largest absolute Gasteiger partial charge is 0.462 e. The van der Waals surface area contributed by atoms with Gasteiger partial charge in [0.1, 0.15) is 5.75 Å². The Morgan fingerprint density at radius 2 is 1.76 bits per heavy atom. The maximum absolute atomic E-state index is 12.5. The second-order valence-corrected chi connectivity index (χ2v) is 8.29. The van der Waals surface area contributed by atoms with Gasteiger partial charge in [-0.3, -0.25) is 4.79 Å². The van der Waals surface area contributed by atoms with Crippen LogP contribution >= 0.6 is 0 Å². The Labute approximate surface area is 200 Å². The molecule has 34 heavy (non-hydrogen) atoms. The number of hydrogen-bond acceptors (Lipinski definition) is 7. The summed E-state index contributed by atoms with van der Waals surface area (Å²) in [6.45, 7) is 4.41. The molecule has 0 aliphatic heterocycles. The van der Waals surface area contributed by atoms with Crippen LogP contribution in [0.5, 0.6) is 5.75 Å². The first-order chi connectivity index (χ1) is 16.4. The summed E-state index contributed by atoms with van der Waals surface area (Å²) in [4.78, 5) is 24.4. The van der Waals surface area contributed by atoms with E-state index in [1.165, 1.54) is 6.08 Å². The van der Waals surface area contributed by atoms with Crippen LogP contribution in [0.15, 0.2) is 61.2 Å². The summed E-state index contributed by atoms with van der Waals surface area (Å²) in [5, 5.41) is 0. The molecular formula is C27H32N2O5. The summed E-state index contributed by atoms with van der Waals surface area (Å²) in [6.07, 6.45) is 8.66. The van der Waals surface area contributed by atoms with Crippen molar-refractivity contribution in [1.82, 2.24) is 0 Å². The highest BCUT2D eigenvalue weighted by Gasteiger charge is 2.28. The maximum atomic E-state index is 12.5. The van der Waals surface area contributed by atoms with Gasteiger partial charge in [0.25, 0.3) is 0 Å². The number of carbonyl (C=O) groups excluding carboxylic acids is 2. The van der Waals surface area contributed by atoms with Crippen molar-refractivity contribution in [3.63, 3.8) is 0 Å². The number of nitrogens with two attached hydrogens (primary N) is 2. The Morgan fingerprint density at radius 1 is 1.03 bits per heavy atom. The Morgan fingerprint density at radius 3 is 2.44 bits per heavy atom. The van der Waals surface area contributed by atoms with Crippen LogP contribution < -0.4 is 16.2 Å². The number of rotatable bonds is 10. The SMILES string of the molecule is C=CCOC1CCC(C(=O)Oc2ccc(C=CC(=O)OCCc3ccc(N)cc3N)cc2)CC1. The van der Waals surface area contributed by atoms with Gasteiger partial charge in [0.15, 0.2) is 0 Å². The highest BCUT2D eigenvalue weighted by atomic mass is 16.5. The lowest BCUT2D eigenvalue weighted by Gasteiger charge is -2.26. The molecule has 1 saturated carbocycles. The van der Waals surface area contributed by atoms with Gasteiger partial charge in [-0.15, -0.1) is 6.58 Å². The third kappa shape index (κ3) is 7.78. The molecule has 0 atom stereocenters. The summed E-state index contributed by atoms with van der Waals surface area (Å²) >= 11 is 0. The summed E-state index contributed by atoms with van der Waals surface area (Å²) in [7, 11) is 0. The molecule has 0 aromatic heterocycles. The molecule has 1 aliphatic rings. The molecule has 1 fully saturated rings. The molecule has 2 aromatic carbocycles. The molecule has 0 heterocycles. The average molecular weight is 465 g/mol. The molecule has 7 nitrogen and oxygen atoms in total. The van der Waals surface area contributed by atoms with Crippen molar-refractivity contribution in [2.45, 2.75) is 38.2 Å². The van der Waals surface area contributed by atoms with Crippen LogP contribution in [-0.4, -0.2) is 31.3 Å². The predicted molar refractivity (Wildman–Crippen MR) is 133 cm³/mol. The van der Waals surface area contributed by atoms with Crippen molar-refractivity contribution in [3.8, 4) is 5.75 Å². The molecular weight excluding hydrogens is 432 g/mol. The highest BCUT2D eigenvalue weighted by molar-refractivity contribution is 5.87. The lowest BCUT2D eigenvalue weighted by molar-refractivity contribution is -0.141. The zero-order valence-corrected chi connectivity index (χ0v) is 19.3. The second-order valence-electron chi connectivity index (χ2n) is 8.29. The zero-order chi connectivity index (χ0) is 24.3. The van der Waals surface area contributed by atoms with Gasteiger partial charge >= 0.3 is 11.9 Å². The van der Waals surface area contributed by atoms with Gasteiger partial charge in [-0.25, -0.2) is 4.79 Å². The molecule has 180 valence electrons. The molecule has 7 heteroatoms. The average Bonchev–Trinajstić information content (AvgIpc) is 2.84. The minimum absolute atomic E-state index is 0.110. The van der Waals surface area contributed by atoms with Crippen molar-refractivity contribution < 1.29 is 23.8 Å². The fourth-order valence-electron chi connectivity index (χ4n) is 3.83. The van der Waals surface area contributed by atoms with Crippen LogP contribution in [0.2, 0.25) is 0 Å². The van der Waals surface area contributed by atoms with E-state index in [9.17, 15) is 9.59 Å². The minimum Gasteiger partial charge on any atom is -0.462 e. The van der Waals surface area contributed by atoms with E-state index in [0.717, 1.165) is 36.8 Å². The number of ether oxygens (including phenoxy) is 3. The number of hydrogen-bond donors (Lipinski definition) is 2. The first kappa shape index (κ1) is 25.1. The van der Waals surface area contributed by atoms with Gasteiger partial charge < -0.3 is 25.7 Å². The number of anilines is 2. The van der Waals surface area contributed by atoms with E-state index in [1.54, 1.807) is 48.6 Å². The number of nitrogen functional groups attached to an aromatic ring is 2. The molecule has 1 aliphatic carbocycles. The maximum Gasteiger partial charge on any atom is 0.330 e. The standard InChI is InChI=1S/C27H32N2O5/c1-2-16-32-23-12-7-21(8-13-23)27(31)34-24-10-3-19(4-11-24)5-14-26(30)33-17-15-20-6-9-22(28)18-25(20)29/h2-6,9-11,14,18,21,23H,1,7-8,12-13,15-17,28-29H2. The molecule has 0 spiro atoms. The van der Waals surface area contributed by atoms with Crippen LogP contribution in [0.4, 0.5) is 11.4 Å². The molecule has 0 amide bonds. The van der Waals surface area contributed by atoms with Crippen molar-refractivity contribution in [3.05, 3.63) is 72.3 Å². The third-order valence-corrected chi connectivity index (χ3v) is 5.75. The predicted octanol–water partition coefficient (Wildman–Crippen LogP) is 4.32. The lowest BCUT2D eigenvalue weighted by atomic mass is 9.87. The van der Waals surface area contributed by atoms with Crippen LogP contribution in [-0.2, 0) is 25.5 Å². The smallest absolute Gasteiger partial charge is 0.330 e. The van der Waals surface area contributed by atoms with Gasteiger partial charge in [0.05, 0.1) is 25.2 Å². The Kier molecular flexibility index (Phi) is 9.29. The van der Waals surface area contributed by atoms with E-state index in [1.807, 2.05) is 6.07 Å². The monoisotopic (exact) mass is 464 g/mol. The molecule has 4 N–H and O–H groups in total. The second kappa shape index (κ2) is 12.6. The third-order valence-electron chi connectivity index (χ3n) is 5.75. The van der Waals surface area contributed by atoms with Crippen molar-refractivity contribution in [2.24, 2.45) is 5.92 Å². The molecule has 2 aromatic rings. The quantitative estimate of drug-likeness (QED) is 0.177. The van der Waals surface area contributed by atoms with Crippen LogP contribution in [0.1, 0.15) is 36.8 Å². The Bertz CT molecular complexity index is 1010. The fourth-order valence-corrected chi connectivity index (χ4v) is 3.83. The van der Waals surface area contributed by atoms with E-state index >= 15 is 0 Å². The topological polar surface area (TPSA) is 114 Å². The molecule has 0 unspecified atom stereocenters. The molecule has 3 rings (SSSR count). The summed E-state index contributed by atoms with van der Waals surface area (Å²) in [5.74, 6) is -0.287. The van der Waals surface area contributed by atoms with Gasteiger partial charge in [0.2, 0.25) is 0 Å². The van der Waals surface area contributed by atoms with E-state index in [-0.39, 0.29) is 24.6 Å². The van der Waals surface area contributed by atoms with Crippen molar-refractivity contribution in [2.75, 3.05) is 24.7 Å². The van der Waals surface area contributed by atoms with Gasteiger partial charge in [-0.1, -0.05) is 24.3 Å². The zero-order valence-electron chi connectivity index (χ0n) is 19.3. The van der Waals surface area contributed by atoms with Gasteiger partial charge in [-0.05, 0) is 67.2 Å². The van der Waals surface area contributed by atoms with E-state index in [4.69, 9.17) is 25.7 Å². The Balaban J connectivity index is 1.40. The minimum atomic E-state index is -0.447. The van der Waals surface area contributed by atoms with Crippen molar-refractivity contribution >= 4 is 29.4 Å². The fraction of sp³-hybridized carbons (Fsp3) is 0.333. The van der Waals surface area contributed by atoms with Gasteiger partial charge in [-0.2, -0.15) is 0 Å². The van der Waals surface area contributed by atoms with Crippen molar-refractivity contribution in [1.29, 1.82) is 0 Å². The van der Waals surface area contributed by atoms with E-state index in [0.29, 0.717) is 30.2 Å². The number of esters is 2. The normalized spacial score (nSPS) is 17.9. The van der Waals surface area contributed by atoms with Crippen LogP contribution in [0, 0.1) is 5.92 Å². The van der Waals surface area contributed by atoms with Crippen LogP contribution in [0.25, 0.3) is 6.08 Å². The first-order valence-corrected chi connectivity index (χ1v) is 11.5. The van der Waals surface area contributed by atoms with Gasteiger partial charge in [0, 0.05) is 23.9 Å². The summed E-state index contributed by atoms with van der Waals surface area (Å²) in [5.41, 5.74) is 14.4. The van der Waals surface area contributed by atoms with Crippen LogP contribution in [0.3, 0.4) is 0 Å².